The Balaban J connectivity index is 1.74. The van der Waals surface area contributed by atoms with Crippen molar-refractivity contribution in [1.82, 2.24) is 4.31 Å². The quantitative estimate of drug-likeness (QED) is 0.427. The molecule has 0 aliphatic carbocycles. The van der Waals surface area contributed by atoms with Crippen molar-refractivity contribution >= 4 is 33.2 Å². The third-order valence-corrected chi connectivity index (χ3v) is 7.21. The lowest BCUT2D eigenvalue weighted by Gasteiger charge is -2.33. The number of para-hydroxylation sites is 1. The maximum Gasteiger partial charge on any atom is 0.245 e. The van der Waals surface area contributed by atoms with E-state index in [4.69, 9.17) is 4.74 Å². The molecule has 0 radical (unpaired) electrons. The first-order valence-electron chi connectivity index (χ1n) is 10.1. The standard InChI is InChI=1S/C24H19FN2O6S/c1-33-16-12-10-15(11-13-16)23(29)22-24(30)17-6-2-5-9-20(17)34(31,32)27(22)14-21(28)26-19-8-4-3-7-18(19)25/h2-13,22H,14H2,1H3,(H,26,28). The summed E-state index contributed by atoms with van der Waals surface area (Å²) in [6, 6.07) is 14.8. The number of fused-ring (bicyclic) bond motifs is 1. The van der Waals surface area contributed by atoms with Crippen LogP contribution in [0.2, 0.25) is 0 Å². The monoisotopic (exact) mass is 482 g/mol. The first-order chi connectivity index (χ1) is 16.2. The third-order valence-electron chi connectivity index (χ3n) is 5.35. The Hall–Kier alpha value is -3.89. The molecule has 10 heteroatoms. The van der Waals surface area contributed by atoms with Crippen LogP contribution in [-0.2, 0) is 14.8 Å². The van der Waals surface area contributed by atoms with Crippen molar-refractivity contribution < 1.29 is 31.9 Å². The van der Waals surface area contributed by atoms with E-state index >= 15 is 0 Å². The van der Waals surface area contributed by atoms with Crippen molar-refractivity contribution in [3.05, 3.63) is 89.7 Å². The Bertz CT molecular complexity index is 1390. The van der Waals surface area contributed by atoms with Crippen LogP contribution in [0.3, 0.4) is 0 Å². The molecule has 0 aromatic heterocycles. The van der Waals surface area contributed by atoms with E-state index in [1.807, 2.05) is 0 Å². The molecule has 3 aromatic carbocycles. The summed E-state index contributed by atoms with van der Waals surface area (Å²) in [6.07, 6.45) is 0. The fourth-order valence-corrected chi connectivity index (χ4v) is 5.38. The fraction of sp³-hybridized carbons (Fsp3) is 0.125. The molecular weight excluding hydrogens is 463 g/mol. The van der Waals surface area contributed by atoms with Crippen LogP contribution < -0.4 is 10.1 Å². The van der Waals surface area contributed by atoms with Crippen molar-refractivity contribution in [2.45, 2.75) is 10.9 Å². The van der Waals surface area contributed by atoms with Crippen molar-refractivity contribution in [2.24, 2.45) is 0 Å². The molecule has 174 valence electrons. The van der Waals surface area contributed by atoms with Crippen molar-refractivity contribution in [3.8, 4) is 5.75 Å². The number of halogens is 1. The highest BCUT2D eigenvalue weighted by atomic mass is 32.2. The van der Waals surface area contributed by atoms with Gasteiger partial charge in [0.15, 0.2) is 17.6 Å². The number of sulfonamides is 1. The molecule has 4 rings (SSSR count). The minimum atomic E-state index is -4.42. The van der Waals surface area contributed by atoms with Gasteiger partial charge in [0.2, 0.25) is 15.9 Å². The van der Waals surface area contributed by atoms with E-state index in [1.165, 1.54) is 73.8 Å². The molecule has 1 aliphatic heterocycles. The Kier molecular flexibility index (Phi) is 6.27. The number of amides is 1. The molecule has 0 bridgehead atoms. The molecular formula is C24H19FN2O6S. The molecule has 0 fully saturated rings. The van der Waals surface area contributed by atoms with Gasteiger partial charge in [-0.3, -0.25) is 14.4 Å². The second-order valence-corrected chi connectivity index (χ2v) is 9.29. The highest BCUT2D eigenvalue weighted by molar-refractivity contribution is 7.89. The summed E-state index contributed by atoms with van der Waals surface area (Å²) < 4.78 is 46.4. The Labute approximate surface area is 195 Å². The molecule has 1 heterocycles. The lowest BCUT2D eigenvalue weighted by molar-refractivity contribution is -0.116. The fourth-order valence-electron chi connectivity index (χ4n) is 3.67. The summed E-state index contributed by atoms with van der Waals surface area (Å²) >= 11 is 0. The van der Waals surface area contributed by atoms with E-state index in [1.54, 1.807) is 0 Å². The number of methoxy groups -OCH3 is 1. The average molecular weight is 482 g/mol. The molecule has 1 unspecified atom stereocenters. The molecule has 1 amide bonds. The van der Waals surface area contributed by atoms with Gasteiger partial charge < -0.3 is 10.1 Å². The van der Waals surface area contributed by atoms with Crippen molar-refractivity contribution in [1.29, 1.82) is 0 Å². The number of ether oxygens (including phenoxy) is 1. The molecule has 1 N–H and O–H groups in total. The number of hydrogen-bond acceptors (Lipinski definition) is 6. The van der Waals surface area contributed by atoms with Crippen LogP contribution in [0.1, 0.15) is 20.7 Å². The minimum absolute atomic E-state index is 0.0632. The zero-order valence-electron chi connectivity index (χ0n) is 17.9. The van der Waals surface area contributed by atoms with Crippen LogP contribution in [0.25, 0.3) is 0 Å². The topological polar surface area (TPSA) is 110 Å². The zero-order valence-corrected chi connectivity index (χ0v) is 18.7. The zero-order chi connectivity index (χ0) is 24.5. The van der Waals surface area contributed by atoms with Gasteiger partial charge in [0, 0.05) is 11.1 Å². The van der Waals surface area contributed by atoms with Gasteiger partial charge >= 0.3 is 0 Å². The summed E-state index contributed by atoms with van der Waals surface area (Å²) in [7, 11) is -2.97. The van der Waals surface area contributed by atoms with Gasteiger partial charge in [0.1, 0.15) is 11.6 Å². The number of Topliss-reactive ketones (excluding diaryl/α,β-unsaturated/α-hetero) is 2. The average Bonchev–Trinajstić information content (AvgIpc) is 2.84. The van der Waals surface area contributed by atoms with Crippen LogP contribution >= 0.6 is 0 Å². The minimum Gasteiger partial charge on any atom is -0.497 e. The summed E-state index contributed by atoms with van der Waals surface area (Å²) in [6.45, 7) is -0.872. The molecule has 0 saturated carbocycles. The summed E-state index contributed by atoms with van der Waals surface area (Å²) in [5.41, 5.74) is -0.236. The van der Waals surface area contributed by atoms with Crippen LogP contribution in [0.5, 0.6) is 5.75 Å². The van der Waals surface area contributed by atoms with Gasteiger partial charge in [-0.1, -0.05) is 24.3 Å². The summed E-state index contributed by atoms with van der Waals surface area (Å²) in [5.74, 6) is -2.72. The molecule has 0 spiro atoms. The van der Waals surface area contributed by atoms with Gasteiger partial charge in [-0.15, -0.1) is 0 Å². The Morgan fingerprint density at radius 2 is 1.65 bits per heavy atom. The second-order valence-electron chi connectivity index (χ2n) is 7.43. The lowest BCUT2D eigenvalue weighted by Crippen LogP contribution is -2.55. The maximum atomic E-state index is 14.0. The first kappa shape index (κ1) is 23.3. The van der Waals surface area contributed by atoms with E-state index in [-0.39, 0.29) is 21.7 Å². The number of rotatable bonds is 6. The SMILES string of the molecule is COc1ccc(C(=O)C2C(=O)c3ccccc3S(=O)(=O)N2CC(=O)Nc2ccccc2F)cc1. The molecule has 0 saturated heterocycles. The molecule has 1 aliphatic rings. The highest BCUT2D eigenvalue weighted by Crippen LogP contribution is 2.32. The van der Waals surface area contributed by atoms with Crippen LogP contribution in [0.4, 0.5) is 10.1 Å². The van der Waals surface area contributed by atoms with Gasteiger partial charge in [0.25, 0.3) is 0 Å². The Morgan fingerprint density at radius 1 is 1.00 bits per heavy atom. The normalized spacial score (nSPS) is 17.0. The van der Waals surface area contributed by atoms with Gasteiger partial charge in [-0.25, -0.2) is 12.8 Å². The number of nitrogens with one attached hydrogen (secondary N) is 1. The Morgan fingerprint density at radius 3 is 2.32 bits per heavy atom. The molecule has 1 atom stereocenters. The van der Waals surface area contributed by atoms with Crippen molar-refractivity contribution in [3.63, 3.8) is 0 Å². The molecule has 8 nitrogen and oxygen atoms in total. The van der Waals surface area contributed by atoms with E-state index in [0.717, 1.165) is 6.07 Å². The summed E-state index contributed by atoms with van der Waals surface area (Å²) in [5, 5.41) is 2.29. The summed E-state index contributed by atoms with van der Waals surface area (Å²) in [4.78, 5) is 39.1. The molecule has 34 heavy (non-hydrogen) atoms. The smallest absolute Gasteiger partial charge is 0.245 e. The van der Waals surface area contributed by atoms with E-state index in [9.17, 15) is 27.2 Å². The van der Waals surface area contributed by atoms with Gasteiger partial charge in [0.05, 0.1) is 24.2 Å². The van der Waals surface area contributed by atoms with Crippen LogP contribution in [-0.4, -0.2) is 49.9 Å². The number of nitrogens with zero attached hydrogens (tertiary/aromatic N) is 1. The van der Waals surface area contributed by atoms with E-state index in [2.05, 4.69) is 5.32 Å². The third kappa shape index (κ3) is 4.20. The van der Waals surface area contributed by atoms with E-state index < -0.39 is 45.9 Å². The lowest BCUT2D eigenvalue weighted by atomic mass is 9.95. The van der Waals surface area contributed by atoms with E-state index in [0.29, 0.717) is 10.1 Å². The van der Waals surface area contributed by atoms with Crippen LogP contribution in [0, 0.1) is 5.82 Å². The van der Waals surface area contributed by atoms with Crippen LogP contribution in [0.15, 0.2) is 77.7 Å². The number of benzene rings is 3. The number of carbonyl (C=O) groups excluding carboxylic acids is 3. The molecule has 3 aromatic rings. The predicted molar refractivity (Wildman–Crippen MR) is 121 cm³/mol. The number of hydrogen-bond donors (Lipinski definition) is 1. The predicted octanol–water partition coefficient (Wildman–Crippen LogP) is 2.91. The largest absolute Gasteiger partial charge is 0.497 e. The highest BCUT2D eigenvalue weighted by Gasteiger charge is 2.48. The van der Waals surface area contributed by atoms with Gasteiger partial charge in [-0.05, 0) is 48.5 Å². The number of carbonyl (C=O) groups is 3. The first-order valence-corrected chi connectivity index (χ1v) is 11.6. The van der Waals surface area contributed by atoms with Gasteiger partial charge in [-0.2, -0.15) is 4.31 Å². The maximum absolute atomic E-state index is 14.0. The second kappa shape index (κ2) is 9.16. The number of anilines is 1. The van der Waals surface area contributed by atoms with Crippen molar-refractivity contribution in [2.75, 3.05) is 19.0 Å². The number of ketones is 2.